The van der Waals surface area contributed by atoms with Gasteiger partial charge in [-0.05, 0) is 12.5 Å². The fourth-order valence-corrected chi connectivity index (χ4v) is 2.47. The maximum absolute atomic E-state index is 4.63. The van der Waals surface area contributed by atoms with E-state index in [4.69, 9.17) is 0 Å². The highest BCUT2D eigenvalue weighted by Gasteiger charge is 2.26. The van der Waals surface area contributed by atoms with Gasteiger partial charge in [0.05, 0.1) is 11.9 Å². The van der Waals surface area contributed by atoms with Crippen molar-refractivity contribution in [1.29, 1.82) is 0 Å². The molecule has 0 spiro atoms. The molecule has 0 N–H and O–H groups in total. The summed E-state index contributed by atoms with van der Waals surface area (Å²) in [6.07, 6.45) is 8.17. The van der Waals surface area contributed by atoms with Gasteiger partial charge in [-0.25, -0.2) is 15.0 Å². The second kappa shape index (κ2) is 5.40. The monoisotopic (exact) mass is 270 g/mol. The summed E-state index contributed by atoms with van der Waals surface area (Å²) in [7, 11) is 3.92. The SMILES string of the molecule is CN(C)c1nccc([C@@H]2CCN(c3cnccn3)C2)n1. The molecule has 1 saturated heterocycles. The van der Waals surface area contributed by atoms with Crippen LogP contribution < -0.4 is 9.80 Å². The predicted molar refractivity (Wildman–Crippen MR) is 78.0 cm³/mol. The Kier molecular flexibility index (Phi) is 3.45. The Labute approximate surface area is 118 Å². The van der Waals surface area contributed by atoms with Crippen LogP contribution in [0.15, 0.2) is 30.9 Å². The summed E-state index contributed by atoms with van der Waals surface area (Å²) in [6, 6.07) is 2.01. The quantitative estimate of drug-likeness (QED) is 0.838. The summed E-state index contributed by atoms with van der Waals surface area (Å²) in [4.78, 5) is 21.6. The average molecular weight is 270 g/mol. The van der Waals surface area contributed by atoms with Crippen LogP contribution in [-0.4, -0.2) is 47.1 Å². The van der Waals surface area contributed by atoms with Crippen molar-refractivity contribution in [3.63, 3.8) is 0 Å². The summed E-state index contributed by atoms with van der Waals surface area (Å²) in [5.74, 6) is 2.14. The normalized spacial score (nSPS) is 18.3. The molecular weight excluding hydrogens is 252 g/mol. The van der Waals surface area contributed by atoms with Gasteiger partial charge in [-0.2, -0.15) is 0 Å². The third-order valence-electron chi connectivity index (χ3n) is 3.54. The number of aromatic nitrogens is 4. The van der Waals surface area contributed by atoms with Crippen LogP contribution in [0.5, 0.6) is 0 Å². The maximum Gasteiger partial charge on any atom is 0.224 e. The number of nitrogens with zero attached hydrogens (tertiary/aromatic N) is 6. The molecule has 1 fully saturated rings. The highest BCUT2D eigenvalue weighted by atomic mass is 15.2. The molecule has 1 aliphatic heterocycles. The van der Waals surface area contributed by atoms with Crippen LogP contribution in [0.4, 0.5) is 11.8 Å². The molecule has 2 aromatic heterocycles. The van der Waals surface area contributed by atoms with E-state index in [1.807, 2.05) is 37.5 Å². The minimum atomic E-state index is 0.429. The fourth-order valence-electron chi connectivity index (χ4n) is 2.47. The van der Waals surface area contributed by atoms with Crippen LogP contribution >= 0.6 is 0 Å². The molecule has 0 unspecified atom stereocenters. The van der Waals surface area contributed by atoms with Gasteiger partial charge in [-0.15, -0.1) is 0 Å². The van der Waals surface area contributed by atoms with Crippen LogP contribution in [0.25, 0.3) is 0 Å². The van der Waals surface area contributed by atoms with Crippen LogP contribution in [0.3, 0.4) is 0 Å². The molecule has 1 aliphatic rings. The van der Waals surface area contributed by atoms with Crippen molar-refractivity contribution in [2.45, 2.75) is 12.3 Å². The lowest BCUT2D eigenvalue weighted by Crippen LogP contribution is -2.21. The standard InChI is InChI=1S/C14H18N6/c1-19(2)14-17-5-3-12(18-14)11-4-8-20(10-11)13-9-15-6-7-16-13/h3,5-7,9,11H,4,8,10H2,1-2H3/t11-/m1/s1. The van der Waals surface area contributed by atoms with E-state index < -0.39 is 0 Å². The highest BCUT2D eigenvalue weighted by molar-refractivity contribution is 5.39. The van der Waals surface area contributed by atoms with E-state index in [0.717, 1.165) is 37.0 Å². The molecule has 20 heavy (non-hydrogen) atoms. The van der Waals surface area contributed by atoms with E-state index in [0.29, 0.717) is 5.92 Å². The zero-order chi connectivity index (χ0) is 13.9. The first-order valence-electron chi connectivity index (χ1n) is 6.75. The van der Waals surface area contributed by atoms with Crippen molar-refractivity contribution in [3.8, 4) is 0 Å². The summed E-state index contributed by atoms with van der Waals surface area (Å²) in [5, 5.41) is 0. The summed E-state index contributed by atoms with van der Waals surface area (Å²) < 4.78 is 0. The Hall–Kier alpha value is -2.24. The lowest BCUT2D eigenvalue weighted by Gasteiger charge is -2.17. The lowest BCUT2D eigenvalue weighted by molar-refractivity contribution is 0.736. The molecule has 0 aliphatic carbocycles. The first-order chi connectivity index (χ1) is 9.74. The highest BCUT2D eigenvalue weighted by Crippen LogP contribution is 2.28. The molecule has 0 saturated carbocycles. The van der Waals surface area contributed by atoms with E-state index >= 15 is 0 Å². The minimum Gasteiger partial charge on any atom is -0.355 e. The molecule has 2 aromatic rings. The average Bonchev–Trinajstić information content (AvgIpc) is 2.98. The van der Waals surface area contributed by atoms with Crippen molar-refractivity contribution >= 4 is 11.8 Å². The van der Waals surface area contributed by atoms with Gasteiger partial charge in [0.1, 0.15) is 5.82 Å². The van der Waals surface area contributed by atoms with Gasteiger partial charge in [0.2, 0.25) is 5.95 Å². The Morgan fingerprint density at radius 1 is 1.20 bits per heavy atom. The topological polar surface area (TPSA) is 58.0 Å². The second-order valence-electron chi connectivity index (χ2n) is 5.17. The van der Waals surface area contributed by atoms with Crippen LogP contribution in [-0.2, 0) is 0 Å². The van der Waals surface area contributed by atoms with E-state index in [2.05, 4.69) is 24.8 Å². The number of hydrogen-bond acceptors (Lipinski definition) is 6. The Bertz CT molecular complexity index is 571. The molecule has 0 bridgehead atoms. The third-order valence-corrected chi connectivity index (χ3v) is 3.54. The summed E-state index contributed by atoms with van der Waals surface area (Å²) in [6.45, 7) is 1.92. The largest absolute Gasteiger partial charge is 0.355 e. The lowest BCUT2D eigenvalue weighted by atomic mass is 10.1. The first-order valence-corrected chi connectivity index (χ1v) is 6.75. The van der Waals surface area contributed by atoms with Crippen molar-refractivity contribution in [2.24, 2.45) is 0 Å². The zero-order valence-electron chi connectivity index (χ0n) is 11.8. The Morgan fingerprint density at radius 3 is 2.85 bits per heavy atom. The van der Waals surface area contributed by atoms with Crippen LogP contribution in [0.1, 0.15) is 18.0 Å². The molecule has 0 aromatic carbocycles. The van der Waals surface area contributed by atoms with Gasteiger partial charge in [-0.3, -0.25) is 4.98 Å². The maximum atomic E-state index is 4.63. The zero-order valence-corrected chi connectivity index (χ0v) is 11.8. The summed E-state index contributed by atoms with van der Waals surface area (Å²) in [5.41, 5.74) is 1.11. The van der Waals surface area contributed by atoms with Crippen LogP contribution in [0, 0.1) is 0 Å². The number of anilines is 2. The van der Waals surface area contributed by atoms with E-state index in [1.54, 1.807) is 12.4 Å². The number of hydrogen-bond donors (Lipinski definition) is 0. The smallest absolute Gasteiger partial charge is 0.224 e. The molecule has 104 valence electrons. The third kappa shape index (κ3) is 2.54. The molecule has 0 radical (unpaired) electrons. The Morgan fingerprint density at radius 2 is 2.10 bits per heavy atom. The van der Waals surface area contributed by atoms with Crippen LogP contribution in [0.2, 0.25) is 0 Å². The van der Waals surface area contributed by atoms with E-state index in [1.165, 1.54) is 0 Å². The van der Waals surface area contributed by atoms with Gasteiger partial charge < -0.3 is 9.80 Å². The number of rotatable bonds is 3. The van der Waals surface area contributed by atoms with Crippen molar-refractivity contribution in [2.75, 3.05) is 37.0 Å². The molecule has 1 atom stereocenters. The fraction of sp³-hybridized carbons (Fsp3) is 0.429. The Balaban J connectivity index is 1.76. The predicted octanol–water partition coefficient (Wildman–Crippen LogP) is 1.33. The van der Waals surface area contributed by atoms with Gasteiger partial charge >= 0.3 is 0 Å². The van der Waals surface area contributed by atoms with Crippen molar-refractivity contribution < 1.29 is 0 Å². The minimum absolute atomic E-state index is 0.429. The van der Waals surface area contributed by atoms with E-state index in [-0.39, 0.29) is 0 Å². The molecule has 6 nitrogen and oxygen atoms in total. The van der Waals surface area contributed by atoms with Gasteiger partial charge in [0.25, 0.3) is 0 Å². The van der Waals surface area contributed by atoms with Gasteiger partial charge in [0, 0.05) is 51.7 Å². The first kappa shape index (κ1) is 12.8. The van der Waals surface area contributed by atoms with Crippen molar-refractivity contribution in [3.05, 3.63) is 36.5 Å². The molecule has 6 heteroatoms. The molecule has 0 amide bonds. The van der Waals surface area contributed by atoms with E-state index in [9.17, 15) is 0 Å². The second-order valence-corrected chi connectivity index (χ2v) is 5.17. The molecule has 3 rings (SSSR count). The summed E-state index contributed by atoms with van der Waals surface area (Å²) >= 11 is 0. The van der Waals surface area contributed by atoms with Gasteiger partial charge in [0.15, 0.2) is 0 Å². The van der Waals surface area contributed by atoms with Crippen molar-refractivity contribution in [1.82, 2.24) is 19.9 Å². The van der Waals surface area contributed by atoms with Gasteiger partial charge in [-0.1, -0.05) is 0 Å². The molecule has 3 heterocycles. The molecular formula is C14H18N6.